The van der Waals surface area contributed by atoms with Gasteiger partial charge in [-0.25, -0.2) is 0 Å². The fraction of sp³-hybridized carbons (Fsp3) is 0.273. The van der Waals surface area contributed by atoms with E-state index in [1.54, 1.807) is 6.07 Å². The van der Waals surface area contributed by atoms with Gasteiger partial charge >= 0.3 is 78.4 Å². The van der Waals surface area contributed by atoms with Crippen molar-refractivity contribution in [1.82, 2.24) is 0 Å². The van der Waals surface area contributed by atoms with Crippen LogP contribution in [0.4, 0.5) is 0 Å². The fourth-order valence-electron chi connectivity index (χ4n) is 0.797. The van der Waals surface area contributed by atoms with Crippen molar-refractivity contribution < 1.29 is 19.4 Å². The molecule has 0 heterocycles. The van der Waals surface area contributed by atoms with E-state index < -0.39 is 5.97 Å². The summed E-state index contributed by atoms with van der Waals surface area (Å²) in [7, 11) is 1.30. The van der Waals surface area contributed by atoms with Crippen LogP contribution in [-0.2, 0) is 9.53 Å². The van der Waals surface area contributed by atoms with E-state index >= 15 is 0 Å². The first kappa shape index (κ1) is 14.7. The number of carbonyl (C=O) groups is 2. The van der Waals surface area contributed by atoms with Crippen LogP contribution in [0.3, 0.4) is 0 Å². The molecule has 0 fully saturated rings. The number of methoxy groups -OCH3 is 1. The normalized spacial score (nSPS) is 8.69. The number of phenolic OH excluding ortho intramolecular Hbond substituents is 1. The van der Waals surface area contributed by atoms with Gasteiger partial charge in [0.1, 0.15) is 6.29 Å². The maximum absolute atomic E-state index is 11.0. The Kier molecular flexibility index (Phi) is 7.30. The Balaban J connectivity index is 0.000000487. The summed E-state index contributed by atoms with van der Waals surface area (Å²) in [6.45, 7) is 1.81. The number of aromatic hydroxyl groups is 1. The van der Waals surface area contributed by atoms with Crippen molar-refractivity contribution in [1.29, 1.82) is 0 Å². The van der Waals surface area contributed by atoms with Gasteiger partial charge in [0.05, 0.1) is 0 Å². The van der Waals surface area contributed by atoms with Crippen LogP contribution in [-0.4, -0.2) is 41.3 Å². The van der Waals surface area contributed by atoms with Gasteiger partial charge in [-0.1, -0.05) is 6.92 Å². The number of phenols is 1. The summed E-state index contributed by atoms with van der Waals surface area (Å²) >= 11 is 2.24. The van der Waals surface area contributed by atoms with Crippen LogP contribution in [0, 0.1) is 0 Å². The minimum atomic E-state index is -0.443. The van der Waals surface area contributed by atoms with Crippen LogP contribution in [0.1, 0.15) is 23.7 Å². The molecular weight excluding hydrogens is 271 g/mol. The van der Waals surface area contributed by atoms with Gasteiger partial charge in [-0.3, -0.25) is 0 Å². The van der Waals surface area contributed by atoms with Crippen LogP contribution in [0.5, 0.6) is 5.75 Å². The Bertz CT molecular complexity index is 363. The number of rotatable bonds is 2. The quantitative estimate of drug-likeness (QED) is 0.490. The van der Waals surface area contributed by atoms with Crippen molar-refractivity contribution in [2.75, 3.05) is 7.11 Å². The maximum atomic E-state index is 11.0. The zero-order valence-corrected chi connectivity index (χ0v) is 11.0. The number of carbonyl (C=O) groups excluding carboxylic acids is 2. The molecule has 2 radical (unpaired) electrons. The third-order valence-electron chi connectivity index (χ3n) is 1.55. The zero-order chi connectivity index (χ0) is 12.6. The summed E-state index contributed by atoms with van der Waals surface area (Å²) in [5.41, 5.74) is 0.373. The molecule has 1 aromatic rings. The molecule has 0 saturated carbocycles. The Morgan fingerprint density at radius 2 is 2.12 bits per heavy atom. The van der Waals surface area contributed by atoms with Crippen LogP contribution >= 0.6 is 0 Å². The van der Waals surface area contributed by atoms with E-state index in [0.29, 0.717) is 12.0 Å². The Labute approximate surface area is 103 Å². The molecule has 4 nitrogen and oxygen atoms in total. The summed E-state index contributed by atoms with van der Waals surface area (Å²) in [6, 6.07) is 4.53. The molecule has 86 valence electrons. The first-order chi connectivity index (χ1) is 7.56. The molecule has 0 unspecified atom stereocenters. The van der Waals surface area contributed by atoms with Gasteiger partial charge < -0.3 is 4.79 Å². The van der Waals surface area contributed by atoms with Crippen molar-refractivity contribution >= 4 is 33.5 Å². The van der Waals surface area contributed by atoms with Crippen molar-refractivity contribution in [3.05, 3.63) is 23.8 Å². The number of esters is 1. The van der Waals surface area contributed by atoms with Gasteiger partial charge in [-0.15, -0.1) is 0 Å². The predicted molar refractivity (Wildman–Crippen MR) is 61.2 cm³/mol. The van der Waals surface area contributed by atoms with E-state index in [4.69, 9.17) is 5.11 Å². The number of hydrogen-bond acceptors (Lipinski definition) is 4. The molecule has 0 aliphatic heterocycles. The van der Waals surface area contributed by atoms with Crippen molar-refractivity contribution in [2.24, 2.45) is 0 Å². The van der Waals surface area contributed by atoms with Gasteiger partial charge in [-0.2, -0.15) is 0 Å². The molecule has 0 saturated heterocycles. The van der Waals surface area contributed by atoms with Crippen LogP contribution in [0.25, 0.3) is 0 Å². The van der Waals surface area contributed by atoms with Gasteiger partial charge in [0.25, 0.3) is 0 Å². The molecule has 0 aromatic heterocycles. The van der Waals surface area contributed by atoms with Crippen LogP contribution in [0.15, 0.2) is 18.2 Å². The topological polar surface area (TPSA) is 63.6 Å². The molecule has 1 aromatic carbocycles. The van der Waals surface area contributed by atoms with E-state index in [-0.39, 0.29) is 5.75 Å². The van der Waals surface area contributed by atoms with E-state index in [0.717, 1.165) is 10.6 Å². The van der Waals surface area contributed by atoms with Gasteiger partial charge in [-0.05, 0) is 0 Å². The monoisotopic (exact) mass is 284 g/mol. The van der Waals surface area contributed by atoms with Gasteiger partial charge in [0, 0.05) is 6.42 Å². The standard InChI is InChI=1S/C8H7AsO3.C3H6O/c1-12-8(11)6-4-5(10)2-3-7(6)9;1-2-3-4/h2-4,10H,1H3;3H,2H2,1H3. The van der Waals surface area contributed by atoms with Crippen molar-refractivity contribution in [3.8, 4) is 5.75 Å². The summed E-state index contributed by atoms with van der Waals surface area (Å²) in [5.74, 6) is -0.383. The number of hydrogen-bond donors (Lipinski definition) is 1. The van der Waals surface area contributed by atoms with Crippen molar-refractivity contribution in [3.63, 3.8) is 0 Å². The fourth-order valence-corrected chi connectivity index (χ4v) is 1.28. The van der Waals surface area contributed by atoms with E-state index in [1.165, 1.54) is 19.2 Å². The van der Waals surface area contributed by atoms with E-state index in [2.05, 4.69) is 21.6 Å². The number of ether oxygens (including phenoxy) is 1. The molecule has 0 bridgehead atoms. The zero-order valence-electron chi connectivity index (χ0n) is 9.14. The first-order valence-corrected chi connectivity index (χ1v) is 5.54. The first-order valence-electron chi connectivity index (χ1n) is 4.60. The van der Waals surface area contributed by atoms with E-state index in [9.17, 15) is 9.59 Å². The average Bonchev–Trinajstić information content (AvgIpc) is 2.31. The van der Waals surface area contributed by atoms with Gasteiger partial charge in [0.2, 0.25) is 0 Å². The summed E-state index contributed by atoms with van der Waals surface area (Å²) in [6.07, 6.45) is 1.51. The van der Waals surface area contributed by atoms with Gasteiger partial charge in [0.15, 0.2) is 0 Å². The summed E-state index contributed by atoms with van der Waals surface area (Å²) in [4.78, 5) is 20.2. The van der Waals surface area contributed by atoms with Crippen molar-refractivity contribution in [2.45, 2.75) is 13.3 Å². The molecule has 1 rings (SSSR count). The average molecular weight is 284 g/mol. The molecular formula is C11H13AsO4. The summed E-state index contributed by atoms with van der Waals surface area (Å²) in [5, 5.41) is 9.07. The molecule has 0 aliphatic rings. The molecule has 5 heteroatoms. The van der Waals surface area contributed by atoms with Crippen LogP contribution in [0.2, 0.25) is 0 Å². The second-order valence-electron chi connectivity index (χ2n) is 2.77. The molecule has 16 heavy (non-hydrogen) atoms. The molecule has 0 amide bonds. The Hall–Kier alpha value is -1.28. The Morgan fingerprint density at radius 1 is 1.56 bits per heavy atom. The molecule has 0 atom stereocenters. The number of aldehydes is 1. The van der Waals surface area contributed by atoms with Crippen LogP contribution < -0.4 is 4.35 Å². The molecule has 0 aliphatic carbocycles. The minimum absolute atomic E-state index is 0.0604. The third-order valence-corrected chi connectivity index (χ3v) is 2.37. The molecule has 1 N–H and O–H groups in total. The second kappa shape index (κ2) is 7.94. The third kappa shape index (κ3) is 4.98. The Morgan fingerprint density at radius 3 is 2.56 bits per heavy atom. The molecule has 0 spiro atoms. The number of benzene rings is 1. The second-order valence-corrected chi connectivity index (χ2v) is 3.78. The predicted octanol–water partition coefficient (Wildman–Crippen LogP) is 0.568. The summed E-state index contributed by atoms with van der Waals surface area (Å²) < 4.78 is 5.24. The SMILES string of the molecule is CCC=O.COC(=O)c1cc(O)ccc1[As]. The van der Waals surface area contributed by atoms with E-state index in [1.807, 2.05) is 6.92 Å².